The number of rotatable bonds is 7. The molecule has 0 aromatic carbocycles. The molecule has 0 aliphatic carbocycles. The first-order valence-electron chi connectivity index (χ1n) is 8.80. The van der Waals surface area contributed by atoms with Crippen molar-refractivity contribution in [2.24, 2.45) is 5.41 Å². The Labute approximate surface area is 147 Å². The molecule has 0 radical (unpaired) electrons. The molecule has 2 heterocycles. The third-order valence-corrected chi connectivity index (χ3v) is 5.21. The summed E-state index contributed by atoms with van der Waals surface area (Å²) in [6, 6.07) is 2.62. The Kier molecular flexibility index (Phi) is 6.22. The van der Waals surface area contributed by atoms with Crippen molar-refractivity contribution < 1.29 is 23.9 Å². The number of nitrogens with one attached hydrogen (secondary N) is 1. The van der Waals surface area contributed by atoms with E-state index in [1.165, 1.54) is 11.2 Å². The minimum atomic E-state index is -0.972. The second kappa shape index (κ2) is 8.18. The maximum atomic E-state index is 12.7. The van der Waals surface area contributed by atoms with Crippen LogP contribution < -0.4 is 5.32 Å². The van der Waals surface area contributed by atoms with E-state index in [9.17, 15) is 19.5 Å². The lowest BCUT2D eigenvalue weighted by molar-refractivity contribution is -0.149. The van der Waals surface area contributed by atoms with Crippen molar-refractivity contribution >= 4 is 17.8 Å². The number of hydrogen-bond acceptors (Lipinski definition) is 4. The molecule has 1 aromatic rings. The number of nitrogens with zero attached hydrogens (tertiary/aromatic N) is 1. The van der Waals surface area contributed by atoms with Gasteiger partial charge in [-0.3, -0.25) is 14.4 Å². The molecule has 1 aliphatic heterocycles. The van der Waals surface area contributed by atoms with E-state index in [2.05, 4.69) is 5.32 Å². The van der Waals surface area contributed by atoms with Crippen LogP contribution in [0.5, 0.6) is 0 Å². The molecule has 0 spiro atoms. The summed E-state index contributed by atoms with van der Waals surface area (Å²) in [5.74, 6) is -1.31. The van der Waals surface area contributed by atoms with E-state index in [1.807, 2.05) is 0 Å². The highest BCUT2D eigenvalue weighted by Crippen LogP contribution is 2.26. The lowest BCUT2D eigenvalue weighted by Gasteiger charge is -2.35. The fourth-order valence-corrected chi connectivity index (χ4v) is 3.24. The summed E-state index contributed by atoms with van der Waals surface area (Å²) in [7, 11) is 0. The molecule has 7 nitrogen and oxygen atoms in total. The van der Waals surface area contributed by atoms with Crippen LogP contribution in [-0.2, 0) is 9.59 Å². The van der Waals surface area contributed by atoms with E-state index in [0.717, 1.165) is 12.8 Å². The molecule has 1 atom stereocenters. The van der Waals surface area contributed by atoms with Crippen LogP contribution >= 0.6 is 0 Å². The van der Waals surface area contributed by atoms with Crippen LogP contribution in [-0.4, -0.2) is 46.9 Å². The van der Waals surface area contributed by atoms with Crippen LogP contribution in [0.2, 0.25) is 0 Å². The summed E-state index contributed by atoms with van der Waals surface area (Å²) in [4.78, 5) is 38.3. The Morgan fingerprint density at radius 2 is 2.04 bits per heavy atom. The molecule has 2 rings (SSSR count). The standard InChI is InChI=1S/C18H26N2O5/c1-3-18(4-2,17(23)24)12-19-15(21)13-8-5-6-10-20(13)16(22)14-9-7-11-25-14/h7,9,11,13H,3-6,8,10,12H2,1-2H3,(H,19,21)(H,23,24). The van der Waals surface area contributed by atoms with Gasteiger partial charge in [-0.15, -0.1) is 0 Å². The maximum absolute atomic E-state index is 12.7. The Balaban J connectivity index is 2.07. The number of aliphatic carboxylic acids is 1. The average Bonchev–Trinajstić information content (AvgIpc) is 3.16. The number of carbonyl (C=O) groups is 3. The molecule has 2 N–H and O–H groups in total. The summed E-state index contributed by atoms with van der Waals surface area (Å²) >= 11 is 0. The molecule has 138 valence electrons. The van der Waals surface area contributed by atoms with Gasteiger partial charge in [0, 0.05) is 13.1 Å². The van der Waals surface area contributed by atoms with Crippen LogP contribution in [0.4, 0.5) is 0 Å². The number of furan rings is 1. The van der Waals surface area contributed by atoms with Crippen LogP contribution in [0, 0.1) is 5.41 Å². The lowest BCUT2D eigenvalue weighted by Crippen LogP contribution is -2.54. The van der Waals surface area contributed by atoms with Gasteiger partial charge in [0.25, 0.3) is 5.91 Å². The smallest absolute Gasteiger partial charge is 0.311 e. The minimum Gasteiger partial charge on any atom is -0.481 e. The number of piperidine rings is 1. The van der Waals surface area contributed by atoms with Crippen molar-refractivity contribution in [3.8, 4) is 0 Å². The maximum Gasteiger partial charge on any atom is 0.311 e. The molecule has 1 unspecified atom stereocenters. The first-order valence-corrected chi connectivity index (χ1v) is 8.80. The number of carboxylic acids is 1. The first-order chi connectivity index (χ1) is 11.9. The van der Waals surface area contributed by atoms with Crippen LogP contribution in [0.1, 0.15) is 56.5 Å². The highest BCUT2D eigenvalue weighted by molar-refractivity contribution is 5.95. The van der Waals surface area contributed by atoms with Crippen molar-refractivity contribution in [1.82, 2.24) is 10.2 Å². The summed E-state index contributed by atoms with van der Waals surface area (Å²) in [6.07, 6.45) is 4.54. The normalized spacial score (nSPS) is 18.0. The second-order valence-corrected chi connectivity index (χ2v) is 6.50. The van der Waals surface area contributed by atoms with Gasteiger partial charge in [-0.1, -0.05) is 13.8 Å². The van der Waals surface area contributed by atoms with Gasteiger partial charge in [0.1, 0.15) is 6.04 Å². The summed E-state index contributed by atoms with van der Waals surface area (Å²) in [5.41, 5.74) is -0.972. The van der Waals surface area contributed by atoms with E-state index in [4.69, 9.17) is 4.42 Å². The molecule has 7 heteroatoms. The number of hydrogen-bond donors (Lipinski definition) is 2. The highest BCUT2D eigenvalue weighted by Gasteiger charge is 2.38. The molecule has 25 heavy (non-hydrogen) atoms. The topological polar surface area (TPSA) is 99.9 Å². The molecule has 1 aliphatic rings. The molecular formula is C18H26N2O5. The number of carboxylic acid groups (broad SMARTS) is 1. The van der Waals surface area contributed by atoms with Gasteiger partial charge < -0.3 is 19.7 Å². The quantitative estimate of drug-likeness (QED) is 0.786. The second-order valence-electron chi connectivity index (χ2n) is 6.50. The minimum absolute atomic E-state index is 0.0629. The molecule has 1 aromatic heterocycles. The lowest BCUT2D eigenvalue weighted by atomic mass is 9.82. The average molecular weight is 350 g/mol. The monoisotopic (exact) mass is 350 g/mol. The van der Waals surface area contributed by atoms with Crippen molar-refractivity contribution in [3.63, 3.8) is 0 Å². The van der Waals surface area contributed by atoms with E-state index in [-0.39, 0.29) is 24.1 Å². The number of likely N-dealkylation sites (tertiary alicyclic amines) is 1. The van der Waals surface area contributed by atoms with Crippen LogP contribution in [0.3, 0.4) is 0 Å². The molecule has 0 bridgehead atoms. The van der Waals surface area contributed by atoms with Crippen molar-refractivity contribution in [1.29, 1.82) is 0 Å². The van der Waals surface area contributed by atoms with E-state index < -0.39 is 17.4 Å². The van der Waals surface area contributed by atoms with Crippen molar-refractivity contribution in [2.45, 2.75) is 52.0 Å². The van der Waals surface area contributed by atoms with Crippen LogP contribution in [0.25, 0.3) is 0 Å². The number of carbonyl (C=O) groups excluding carboxylic acids is 2. The van der Waals surface area contributed by atoms with Gasteiger partial charge in [-0.05, 0) is 44.2 Å². The predicted molar refractivity (Wildman–Crippen MR) is 91.0 cm³/mol. The third-order valence-electron chi connectivity index (χ3n) is 5.21. The van der Waals surface area contributed by atoms with Gasteiger partial charge in [0.2, 0.25) is 5.91 Å². The van der Waals surface area contributed by atoms with Gasteiger partial charge in [0.15, 0.2) is 5.76 Å². The van der Waals surface area contributed by atoms with Crippen molar-refractivity contribution in [3.05, 3.63) is 24.2 Å². The molecular weight excluding hydrogens is 324 g/mol. The molecule has 0 saturated carbocycles. The fraction of sp³-hybridized carbons (Fsp3) is 0.611. The van der Waals surface area contributed by atoms with Crippen molar-refractivity contribution in [2.75, 3.05) is 13.1 Å². The van der Waals surface area contributed by atoms with E-state index >= 15 is 0 Å². The predicted octanol–water partition coefficient (Wildman–Crippen LogP) is 2.28. The largest absolute Gasteiger partial charge is 0.481 e. The van der Waals surface area contributed by atoms with E-state index in [0.29, 0.717) is 25.8 Å². The van der Waals surface area contributed by atoms with Gasteiger partial charge >= 0.3 is 5.97 Å². The summed E-state index contributed by atoms with van der Waals surface area (Å²) in [6.45, 7) is 4.16. The highest BCUT2D eigenvalue weighted by atomic mass is 16.4. The summed E-state index contributed by atoms with van der Waals surface area (Å²) in [5, 5.41) is 12.2. The molecule has 1 saturated heterocycles. The Morgan fingerprint density at radius 1 is 1.32 bits per heavy atom. The first kappa shape index (κ1) is 19.0. The molecule has 2 amide bonds. The molecule has 1 fully saturated rings. The van der Waals surface area contributed by atoms with Gasteiger partial charge in [0.05, 0.1) is 11.7 Å². The Morgan fingerprint density at radius 3 is 2.60 bits per heavy atom. The zero-order chi connectivity index (χ0) is 18.4. The van der Waals surface area contributed by atoms with Crippen LogP contribution in [0.15, 0.2) is 22.8 Å². The summed E-state index contributed by atoms with van der Waals surface area (Å²) < 4.78 is 5.16. The zero-order valence-electron chi connectivity index (χ0n) is 14.8. The SMILES string of the molecule is CCC(CC)(CNC(=O)C1CCCCN1C(=O)c1ccco1)C(=O)O. The fourth-order valence-electron chi connectivity index (χ4n) is 3.24. The van der Waals surface area contributed by atoms with Gasteiger partial charge in [-0.2, -0.15) is 0 Å². The van der Waals surface area contributed by atoms with Gasteiger partial charge in [-0.25, -0.2) is 0 Å². The zero-order valence-corrected chi connectivity index (χ0v) is 14.8. The number of amides is 2. The van der Waals surface area contributed by atoms with E-state index in [1.54, 1.807) is 26.0 Å². The third kappa shape index (κ3) is 4.03. The Hall–Kier alpha value is -2.31. The Bertz CT molecular complexity index is 607.